The van der Waals surface area contributed by atoms with Crippen molar-refractivity contribution in [2.75, 3.05) is 6.61 Å². The van der Waals surface area contributed by atoms with Crippen molar-refractivity contribution in [3.05, 3.63) is 33.6 Å². The monoisotopic (exact) mass is 274 g/mol. The average Bonchev–Trinajstić information content (AvgIpc) is 2.25. The van der Waals surface area contributed by atoms with Gasteiger partial charge < -0.3 is 4.74 Å². The molecule has 0 aliphatic rings. The molecule has 1 aromatic carbocycles. The molecule has 2 nitrogen and oxygen atoms in total. The standard InChI is InChI=1S/C12H9Cl2FO2/c1-2-17-11(16)5-3-4-8-6-9(13)7-10(15)12(8)14/h6-7H,2,5H2,1H3. The van der Waals surface area contributed by atoms with E-state index in [0.717, 1.165) is 6.07 Å². The van der Waals surface area contributed by atoms with E-state index in [0.29, 0.717) is 6.61 Å². The van der Waals surface area contributed by atoms with Gasteiger partial charge in [-0.2, -0.15) is 0 Å². The van der Waals surface area contributed by atoms with Crippen LogP contribution in [-0.2, 0) is 9.53 Å². The summed E-state index contributed by atoms with van der Waals surface area (Å²) < 4.78 is 17.9. The number of benzene rings is 1. The minimum Gasteiger partial charge on any atom is -0.465 e. The molecule has 17 heavy (non-hydrogen) atoms. The van der Waals surface area contributed by atoms with Crippen molar-refractivity contribution in [3.63, 3.8) is 0 Å². The summed E-state index contributed by atoms with van der Waals surface area (Å²) in [5, 5.41) is 0.0955. The molecule has 0 amide bonds. The van der Waals surface area contributed by atoms with Crippen molar-refractivity contribution in [1.29, 1.82) is 0 Å². The Morgan fingerprint density at radius 3 is 2.82 bits per heavy atom. The summed E-state index contributed by atoms with van der Waals surface area (Å²) in [6.07, 6.45) is -0.0711. The van der Waals surface area contributed by atoms with E-state index in [1.165, 1.54) is 6.07 Å². The maximum Gasteiger partial charge on any atom is 0.317 e. The van der Waals surface area contributed by atoms with Crippen LogP contribution in [0, 0.1) is 17.7 Å². The molecule has 90 valence electrons. The Bertz CT molecular complexity index is 489. The molecule has 0 heterocycles. The number of ether oxygens (including phenoxy) is 1. The number of rotatable bonds is 2. The Kier molecular flexibility index (Phi) is 5.27. The van der Waals surface area contributed by atoms with Crippen molar-refractivity contribution in [2.45, 2.75) is 13.3 Å². The maximum absolute atomic E-state index is 13.2. The summed E-state index contributed by atoms with van der Waals surface area (Å²) in [5.74, 6) is 4.05. The quantitative estimate of drug-likeness (QED) is 0.469. The van der Waals surface area contributed by atoms with Crippen LogP contribution in [0.15, 0.2) is 12.1 Å². The van der Waals surface area contributed by atoms with E-state index in [1.54, 1.807) is 6.92 Å². The van der Waals surface area contributed by atoms with Crippen molar-refractivity contribution >= 4 is 29.2 Å². The molecule has 0 aromatic heterocycles. The number of carbonyl (C=O) groups is 1. The van der Waals surface area contributed by atoms with E-state index in [2.05, 4.69) is 16.6 Å². The highest BCUT2D eigenvalue weighted by atomic mass is 35.5. The van der Waals surface area contributed by atoms with E-state index in [9.17, 15) is 9.18 Å². The zero-order chi connectivity index (χ0) is 12.8. The third kappa shape index (κ3) is 4.26. The Labute approximate surface area is 109 Å². The number of hydrogen-bond acceptors (Lipinski definition) is 2. The van der Waals surface area contributed by atoms with Crippen molar-refractivity contribution in [1.82, 2.24) is 0 Å². The van der Waals surface area contributed by atoms with Crippen LogP contribution < -0.4 is 0 Å². The zero-order valence-corrected chi connectivity index (χ0v) is 10.5. The molecule has 0 N–H and O–H groups in total. The summed E-state index contributed by atoms with van der Waals surface area (Å²) in [4.78, 5) is 11.0. The predicted octanol–water partition coefficient (Wildman–Crippen LogP) is 3.44. The summed E-state index contributed by atoms with van der Waals surface area (Å²) in [5.41, 5.74) is 0.251. The molecule has 0 fully saturated rings. The van der Waals surface area contributed by atoms with Crippen molar-refractivity contribution in [3.8, 4) is 11.8 Å². The third-order valence-electron chi connectivity index (χ3n) is 1.75. The van der Waals surface area contributed by atoms with E-state index in [1.807, 2.05) is 0 Å². The van der Waals surface area contributed by atoms with Gasteiger partial charge in [0.25, 0.3) is 0 Å². The zero-order valence-electron chi connectivity index (χ0n) is 9.02. The average molecular weight is 275 g/mol. The number of carbonyl (C=O) groups excluding carboxylic acids is 1. The van der Waals surface area contributed by atoms with Crippen LogP contribution in [-0.4, -0.2) is 12.6 Å². The molecule has 0 atom stereocenters. The predicted molar refractivity (Wildman–Crippen MR) is 64.5 cm³/mol. The second kappa shape index (κ2) is 6.48. The molecule has 1 aromatic rings. The molecular weight excluding hydrogens is 266 g/mol. The maximum atomic E-state index is 13.2. The van der Waals surface area contributed by atoms with Gasteiger partial charge in [0.1, 0.15) is 12.2 Å². The lowest BCUT2D eigenvalue weighted by atomic mass is 10.2. The molecule has 0 aliphatic carbocycles. The fourth-order valence-corrected chi connectivity index (χ4v) is 1.43. The molecule has 0 saturated carbocycles. The number of esters is 1. The first kappa shape index (κ1) is 13.8. The van der Waals surface area contributed by atoms with Crippen LogP contribution in [0.4, 0.5) is 4.39 Å². The highest BCUT2D eigenvalue weighted by Gasteiger charge is 2.06. The molecular formula is C12H9Cl2FO2. The van der Waals surface area contributed by atoms with Gasteiger partial charge in [0.2, 0.25) is 0 Å². The third-order valence-corrected chi connectivity index (χ3v) is 2.36. The van der Waals surface area contributed by atoms with Gasteiger partial charge in [-0.1, -0.05) is 35.0 Å². The van der Waals surface area contributed by atoms with Gasteiger partial charge in [-0.15, -0.1) is 0 Å². The van der Waals surface area contributed by atoms with Crippen molar-refractivity contribution < 1.29 is 13.9 Å². The summed E-state index contributed by atoms with van der Waals surface area (Å²) in [6, 6.07) is 2.53. The fourth-order valence-electron chi connectivity index (χ4n) is 1.07. The highest BCUT2D eigenvalue weighted by molar-refractivity contribution is 6.34. The molecule has 5 heteroatoms. The van der Waals surface area contributed by atoms with Crippen LogP contribution in [0.5, 0.6) is 0 Å². The van der Waals surface area contributed by atoms with Crippen LogP contribution in [0.1, 0.15) is 18.9 Å². The molecule has 0 aliphatic heterocycles. The largest absolute Gasteiger partial charge is 0.465 e. The van der Waals surface area contributed by atoms with Crippen LogP contribution >= 0.6 is 23.2 Å². The second-order valence-electron chi connectivity index (χ2n) is 3.03. The minimum absolute atomic E-state index is 0.0711. The van der Waals surface area contributed by atoms with Gasteiger partial charge in [-0.3, -0.25) is 4.79 Å². The van der Waals surface area contributed by atoms with E-state index in [-0.39, 0.29) is 22.0 Å². The van der Waals surface area contributed by atoms with Crippen molar-refractivity contribution in [2.24, 2.45) is 0 Å². The molecule has 0 unspecified atom stereocenters. The van der Waals surface area contributed by atoms with E-state index < -0.39 is 11.8 Å². The van der Waals surface area contributed by atoms with E-state index in [4.69, 9.17) is 23.2 Å². The summed E-state index contributed by atoms with van der Waals surface area (Å²) in [7, 11) is 0. The van der Waals surface area contributed by atoms with Gasteiger partial charge in [0.15, 0.2) is 0 Å². The van der Waals surface area contributed by atoms with Crippen LogP contribution in [0.25, 0.3) is 0 Å². The van der Waals surface area contributed by atoms with Gasteiger partial charge in [0.05, 0.1) is 11.6 Å². The Morgan fingerprint density at radius 2 is 2.18 bits per heavy atom. The Balaban J connectivity index is 2.82. The Hall–Kier alpha value is -1.24. The summed E-state index contributed by atoms with van der Waals surface area (Å²) in [6.45, 7) is 2.00. The lowest BCUT2D eigenvalue weighted by Gasteiger charge is -1.99. The molecule has 0 bridgehead atoms. The van der Waals surface area contributed by atoms with E-state index >= 15 is 0 Å². The first-order valence-corrected chi connectivity index (χ1v) is 5.59. The van der Waals surface area contributed by atoms with Crippen LogP contribution in [0.2, 0.25) is 10.0 Å². The number of hydrogen-bond donors (Lipinski definition) is 0. The smallest absolute Gasteiger partial charge is 0.317 e. The van der Waals surface area contributed by atoms with Gasteiger partial charge in [0, 0.05) is 10.6 Å². The lowest BCUT2D eigenvalue weighted by Crippen LogP contribution is -2.01. The number of halogens is 3. The van der Waals surface area contributed by atoms with Gasteiger partial charge in [-0.05, 0) is 19.1 Å². The SMILES string of the molecule is CCOC(=O)CC#Cc1cc(Cl)cc(F)c1Cl. The molecule has 0 radical (unpaired) electrons. The lowest BCUT2D eigenvalue weighted by molar-refractivity contribution is -0.141. The molecule has 0 saturated heterocycles. The first-order chi connectivity index (χ1) is 8.04. The fraction of sp³-hybridized carbons (Fsp3) is 0.250. The van der Waals surface area contributed by atoms with Gasteiger partial charge in [-0.25, -0.2) is 4.39 Å². The van der Waals surface area contributed by atoms with Gasteiger partial charge >= 0.3 is 5.97 Å². The molecule has 0 spiro atoms. The topological polar surface area (TPSA) is 26.3 Å². The normalized spacial score (nSPS) is 9.41. The minimum atomic E-state index is -0.639. The Morgan fingerprint density at radius 1 is 1.47 bits per heavy atom. The van der Waals surface area contributed by atoms with Crippen LogP contribution in [0.3, 0.4) is 0 Å². The first-order valence-electron chi connectivity index (χ1n) is 4.83. The summed E-state index contributed by atoms with van der Waals surface area (Å²) >= 11 is 11.3. The second-order valence-corrected chi connectivity index (χ2v) is 3.85. The highest BCUT2D eigenvalue weighted by Crippen LogP contribution is 2.23. The molecule has 1 rings (SSSR count).